The van der Waals surface area contributed by atoms with Crippen LogP contribution in [-0.4, -0.2) is 42.8 Å². The monoisotopic (exact) mass is 284 g/mol. The van der Waals surface area contributed by atoms with E-state index < -0.39 is 30.5 Å². The predicted molar refractivity (Wildman–Crippen MR) is 67.5 cm³/mol. The summed E-state index contributed by atoms with van der Waals surface area (Å²) in [4.78, 5) is 24.0. The third-order valence-corrected chi connectivity index (χ3v) is 2.88. The van der Waals surface area contributed by atoms with Crippen LogP contribution in [0, 0.1) is 5.82 Å². The van der Waals surface area contributed by atoms with Crippen LogP contribution in [0.4, 0.5) is 19.3 Å². The maximum Gasteiger partial charge on any atom is 0.416 e. The summed E-state index contributed by atoms with van der Waals surface area (Å²) in [6.07, 6.45) is -0.877. The van der Waals surface area contributed by atoms with Gasteiger partial charge in [-0.2, -0.15) is 0 Å². The number of cyclic esters (lactones) is 1. The number of imide groups is 1. The number of benzene rings is 1. The van der Waals surface area contributed by atoms with Gasteiger partial charge in [0.1, 0.15) is 19.1 Å². The van der Waals surface area contributed by atoms with Crippen molar-refractivity contribution in [1.29, 1.82) is 0 Å². The first-order valence-corrected chi connectivity index (χ1v) is 6.15. The molecule has 2 amide bonds. The van der Waals surface area contributed by atoms with E-state index in [1.807, 2.05) is 0 Å². The van der Waals surface area contributed by atoms with E-state index in [0.717, 1.165) is 4.90 Å². The highest BCUT2D eigenvalue weighted by molar-refractivity contribution is 5.93. The molecule has 1 unspecified atom stereocenters. The summed E-state index contributed by atoms with van der Waals surface area (Å²) in [7, 11) is 0. The SMILES string of the molecule is O=C(CC(CF)Nc1ccc(F)cc1)N1CCOC1=O. The van der Waals surface area contributed by atoms with E-state index in [4.69, 9.17) is 0 Å². The van der Waals surface area contributed by atoms with E-state index in [-0.39, 0.29) is 19.6 Å². The number of rotatable bonds is 5. The largest absolute Gasteiger partial charge is 0.447 e. The molecule has 1 heterocycles. The Hall–Kier alpha value is -2.18. The minimum absolute atomic E-state index is 0.163. The average Bonchev–Trinajstić information content (AvgIpc) is 2.86. The first-order valence-electron chi connectivity index (χ1n) is 6.15. The van der Waals surface area contributed by atoms with Crippen molar-refractivity contribution in [2.75, 3.05) is 25.1 Å². The van der Waals surface area contributed by atoms with E-state index in [0.29, 0.717) is 5.69 Å². The van der Waals surface area contributed by atoms with Gasteiger partial charge in [0, 0.05) is 5.69 Å². The predicted octanol–water partition coefficient (Wildman–Crippen LogP) is 1.94. The fourth-order valence-corrected chi connectivity index (χ4v) is 1.87. The zero-order chi connectivity index (χ0) is 14.5. The quantitative estimate of drug-likeness (QED) is 0.897. The molecule has 2 rings (SSSR count). The molecule has 1 aromatic carbocycles. The number of anilines is 1. The second kappa shape index (κ2) is 6.31. The van der Waals surface area contributed by atoms with Gasteiger partial charge in [-0.15, -0.1) is 0 Å². The minimum Gasteiger partial charge on any atom is -0.447 e. The van der Waals surface area contributed by atoms with Crippen LogP contribution >= 0.6 is 0 Å². The third kappa shape index (κ3) is 3.43. The standard InChI is InChI=1S/C13H14F2N2O3/c14-8-11(16-10-3-1-9(15)2-4-10)7-12(18)17-5-6-20-13(17)19/h1-4,11,16H,5-8H2. The molecule has 108 valence electrons. The van der Waals surface area contributed by atoms with Gasteiger partial charge in [0.2, 0.25) is 5.91 Å². The normalized spacial score (nSPS) is 15.9. The minimum atomic E-state index is -0.786. The molecule has 1 fully saturated rings. The molecule has 0 bridgehead atoms. The molecule has 1 atom stereocenters. The van der Waals surface area contributed by atoms with Crippen molar-refractivity contribution in [3.05, 3.63) is 30.1 Å². The van der Waals surface area contributed by atoms with E-state index in [2.05, 4.69) is 10.1 Å². The summed E-state index contributed by atoms with van der Waals surface area (Å²) in [5, 5.41) is 2.78. The Morgan fingerprint density at radius 3 is 2.65 bits per heavy atom. The fraction of sp³-hybridized carbons (Fsp3) is 0.385. The Kier molecular flexibility index (Phi) is 4.49. The fourth-order valence-electron chi connectivity index (χ4n) is 1.87. The zero-order valence-corrected chi connectivity index (χ0v) is 10.6. The summed E-state index contributed by atoms with van der Waals surface area (Å²) in [6, 6.07) is 4.59. The van der Waals surface area contributed by atoms with Crippen LogP contribution in [0.15, 0.2) is 24.3 Å². The Morgan fingerprint density at radius 2 is 2.10 bits per heavy atom. The third-order valence-electron chi connectivity index (χ3n) is 2.88. The maximum absolute atomic E-state index is 12.9. The van der Waals surface area contributed by atoms with Crippen molar-refractivity contribution in [2.45, 2.75) is 12.5 Å². The molecule has 1 aliphatic heterocycles. The van der Waals surface area contributed by atoms with Gasteiger partial charge in [-0.05, 0) is 24.3 Å². The maximum atomic E-state index is 12.9. The molecule has 1 N–H and O–H groups in total. The van der Waals surface area contributed by atoms with E-state index >= 15 is 0 Å². The summed E-state index contributed by atoms with van der Waals surface area (Å²) in [5.74, 6) is -0.895. The van der Waals surface area contributed by atoms with Gasteiger partial charge in [0.25, 0.3) is 0 Å². The van der Waals surface area contributed by atoms with Crippen LogP contribution in [0.2, 0.25) is 0 Å². The molecule has 5 nitrogen and oxygen atoms in total. The smallest absolute Gasteiger partial charge is 0.416 e. The van der Waals surface area contributed by atoms with Gasteiger partial charge >= 0.3 is 6.09 Å². The van der Waals surface area contributed by atoms with E-state index in [9.17, 15) is 18.4 Å². The number of ether oxygens (including phenoxy) is 1. The van der Waals surface area contributed by atoms with Crippen molar-refractivity contribution in [3.63, 3.8) is 0 Å². The highest BCUT2D eigenvalue weighted by Crippen LogP contribution is 2.13. The van der Waals surface area contributed by atoms with Crippen molar-refractivity contribution >= 4 is 17.7 Å². The summed E-state index contributed by atoms with van der Waals surface area (Å²) in [6.45, 7) is -0.435. The van der Waals surface area contributed by atoms with Gasteiger partial charge in [-0.25, -0.2) is 18.5 Å². The van der Waals surface area contributed by atoms with Gasteiger partial charge in [0.05, 0.1) is 19.0 Å². The van der Waals surface area contributed by atoms with Gasteiger partial charge in [-0.3, -0.25) is 4.79 Å². The Bertz CT molecular complexity index is 493. The van der Waals surface area contributed by atoms with Gasteiger partial charge in [0.15, 0.2) is 0 Å². The van der Waals surface area contributed by atoms with Crippen molar-refractivity contribution in [1.82, 2.24) is 4.90 Å². The number of carbonyl (C=O) groups is 2. The second-order valence-corrected chi connectivity index (χ2v) is 4.37. The van der Waals surface area contributed by atoms with Crippen molar-refractivity contribution < 1.29 is 23.1 Å². The number of hydrogen-bond acceptors (Lipinski definition) is 4. The van der Waals surface area contributed by atoms with Crippen molar-refractivity contribution in [2.24, 2.45) is 0 Å². The average molecular weight is 284 g/mol. The second-order valence-electron chi connectivity index (χ2n) is 4.37. The summed E-state index contributed by atoms with van der Waals surface area (Å²) >= 11 is 0. The molecule has 0 spiro atoms. The molecule has 0 aliphatic carbocycles. The lowest BCUT2D eigenvalue weighted by Gasteiger charge is -2.18. The molecular formula is C13H14F2N2O3. The van der Waals surface area contributed by atoms with Gasteiger partial charge < -0.3 is 10.1 Å². The van der Waals surface area contributed by atoms with Crippen LogP contribution in [0.25, 0.3) is 0 Å². The molecule has 0 radical (unpaired) electrons. The van der Waals surface area contributed by atoms with E-state index in [1.54, 1.807) is 0 Å². The molecule has 1 aromatic rings. The number of halogens is 2. The number of hydrogen-bond donors (Lipinski definition) is 1. The number of nitrogens with zero attached hydrogens (tertiary/aromatic N) is 1. The first kappa shape index (κ1) is 14.2. The zero-order valence-electron chi connectivity index (χ0n) is 10.6. The summed E-state index contributed by atoms with van der Waals surface area (Å²) in [5.41, 5.74) is 0.505. The van der Waals surface area contributed by atoms with Crippen LogP contribution in [-0.2, 0) is 9.53 Å². The molecule has 0 saturated carbocycles. The van der Waals surface area contributed by atoms with Crippen LogP contribution in [0.1, 0.15) is 6.42 Å². The lowest BCUT2D eigenvalue weighted by Crippen LogP contribution is -2.36. The molecule has 20 heavy (non-hydrogen) atoms. The molecule has 7 heteroatoms. The number of carbonyl (C=O) groups excluding carboxylic acids is 2. The van der Waals surface area contributed by atoms with E-state index in [1.165, 1.54) is 24.3 Å². The lowest BCUT2D eigenvalue weighted by molar-refractivity contribution is -0.128. The molecule has 0 aromatic heterocycles. The number of nitrogens with one attached hydrogen (secondary N) is 1. The number of amides is 2. The Morgan fingerprint density at radius 1 is 1.40 bits per heavy atom. The summed E-state index contributed by atoms with van der Waals surface area (Å²) < 4.78 is 30.3. The Balaban J connectivity index is 1.93. The lowest BCUT2D eigenvalue weighted by atomic mass is 10.2. The molecule has 1 saturated heterocycles. The number of alkyl halides is 1. The topological polar surface area (TPSA) is 58.6 Å². The molecular weight excluding hydrogens is 270 g/mol. The van der Waals surface area contributed by atoms with Crippen LogP contribution in [0.5, 0.6) is 0 Å². The van der Waals surface area contributed by atoms with Crippen molar-refractivity contribution in [3.8, 4) is 0 Å². The first-order chi connectivity index (χ1) is 9.60. The highest BCUT2D eigenvalue weighted by atomic mass is 19.1. The molecule has 1 aliphatic rings. The van der Waals surface area contributed by atoms with Crippen LogP contribution in [0.3, 0.4) is 0 Å². The highest BCUT2D eigenvalue weighted by Gasteiger charge is 2.29. The van der Waals surface area contributed by atoms with Crippen LogP contribution < -0.4 is 5.32 Å². The Labute approximate surface area is 114 Å². The van der Waals surface area contributed by atoms with Gasteiger partial charge in [-0.1, -0.05) is 0 Å².